The Morgan fingerprint density at radius 2 is 2.00 bits per heavy atom. The first-order chi connectivity index (χ1) is 13.6. The molecule has 5 nitrogen and oxygen atoms in total. The van der Waals surface area contributed by atoms with Gasteiger partial charge in [-0.15, -0.1) is 0 Å². The minimum atomic E-state index is -0.0331. The van der Waals surface area contributed by atoms with E-state index in [0.717, 1.165) is 43.7 Å². The molecule has 0 spiro atoms. The third kappa shape index (κ3) is 3.78. The molecular formula is C22H27ClN4O. The van der Waals surface area contributed by atoms with Gasteiger partial charge < -0.3 is 10.6 Å². The molecule has 2 heterocycles. The Morgan fingerprint density at radius 1 is 1.18 bits per heavy atom. The van der Waals surface area contributed by atoms with Gasteiger partial charge in [-0.25, -0.2) is 0 Å². The van der Waals surface area contributed by atoms with Gasteiger partial charge >= 0.3 is 0 Å². The molecule has 2 aliphatic rings. The maximum atomic E-state index is 12.7. The van der Waals surface area contributed by atoms with Gasteiger partial charge in [0.05, 0.1) is 6.20 Å². The third-order valence-corrected chi connectivity index (χ3v) is 6.94. The van der Waals surface area contributed by atoms with Gasteiger partial charge in [-0.1, -0.05) is 23.7 Å². The number of nitrogens with zero attached hydrogens (tertiary/aromatic N) is 3. The second kappa shape index (κ2) is 8.18. The van der Waals surface area contributed by atoms with Crippen LogP contribution in [0.4, 0.5) is 0 Å². The number of rotatable bonds is 4. The molecule has 1 saturated carbocycles. The first kappa shape index (κ1) is 19.3. The first-order valence-electron chi connectivity index (χ1n) is 10.1. The van der Waals surface area contributed by atoms with Crippen molar-refractivity contribution in [1.29, 1.82) is 0 Å². The lowest BCUT2D eigenvalue weighted by Gasteiger charge is -2.45. The molecule has 0 bridgehead atoms. The topological polar surface area (TPSA) is 72.1 Å². The number of amides is 1. The van der Waals surface area contributed by atoms with Crippen LogP contribution in [0.5, 0.6) is 0 Å². The summed E-state index contributed by atoms with van der Waals surface area (Å²) in [6.07, 6.45) is 9.01. The highest BCUT2D eigenvalue weighted by Crippen LogP contribution is 2.42. The molecule has 4 rings (SSSR count). The Bertz CT molecular complexity index is 820. The summed E-state index contributed by atoms with van der Waals surface area (Å²) in [5.41, 5.74) is 8.61. The highest BCUT2D eigenvalue weighted by atomic mass is 35.5. The molecule has 1 aliphatic heterocycles. The van der Waals surface area contributed by atoms with E-state index in [2.05, 4.69) is 21.2 Å². The maximum absolute atomic E-state index is 12.7. The molecule has 1 aliphatic carbocycles. The average molecular weight is 399 g/mol. The molecule has 2 aromatic rings. The molecule has 2 fully saturated rings. The lowest BCUT2D eigenvalue weighted by Crippen LogP contribution is -2.50. The first-order valence-corrected chi connectivity index (χ1v) is 10.5. The van der Waals surface area contributed by atoms with Crippen LogP contribution in [0.3, 0.4) is 0 Å². The van der Waals surface area contributed by atoms with Crippen LogP contribution in [0.1, 0.15) is 55.6 Å². The Morgan fingerprint density at radius 3 is 2.68 bits per heavy atom. The molecule has 2 N–H and O–H groups in total. The predicted molar refractivity (Wildman–Crippen MR) is 110 cm³/mol. The molecule has 1 aromatic heterocycles. The van der Waals surface area contributed by atoms with Crippen molar-refractivity contribution in [3.05, 3.63) is 58.9 Å². The van der Waals surface area contributed by atoms with E-state index in [1.165, 1.54) is 11.1 Å². The second-order valence-corrected chi connectivity index (χ2v) is 8.62. The van der Waals surface area contributed by atoms with Gasteiger partial charge in [0.1, 0.15) is 0 Å². The zero-order valence-electron chi connectivity index (χ0n) is 16.1. The van der Waals surface area contributed by atoms with Crippen molar-refractivity contribution in [2.24, 2.45) is 5.73 Å². The van der Waals surface area contributed by atoms with Crippen LogP contribution in [0.2, 0.25) is 5.02 Å². The van der Waals surface area contributed by atoms with Crippen LogP contribution in [-0.2, 0) is 10.2 Å². The number of carbonyl (C=O) groups is 1. The van der Waals surface area contributed by atoms with E-state index >= 15 is 0 Å². The van der Waals surface area contributed by atoms with Gasteiger partial charge in [-0.2, -0.15) is 10.2 Å². The van der Waals surface area contributed by atoms with Crippen LogP contribution < -0.4 is 5.73 Å². The van der Waals surface area contributed by atoms with Gasteiger partial charge in [0.2, 0.25) is 5.91 Å². The summed E-state index contributed by atoms with van der Waals surface area (Å²) in [6, 6.07) is 10.4. The fourth-order valence-electron chi connectivity index (χ4n) is 4.93. The van der Waals surface area contributed by atoms with Crippen molar-refractivity contribution < 1.29 is 4.79 Å². The average Bonchev–Trinajstić information content (AvgIpc) is 2.75. The van der Waals surface area contributed by atoms with E-state index in [9.17, 15) is 4.79 Å². The summed E-state index contributed by atoms with van der Waals surface area (Å²) in [4.78, 5) is 14.8. The molecular weight excluding hydrogens is 372 g/mol. The van der Waals surface area contributed by atoms with Crippen LogP contribution in [-0.4, -0.2) is 40.1 Å². The van der Waals surface area contributed by atoms with Gasteiger partial charge in [-0.3, -0.25) is 4.79 Å². The number of carbonyl (C=O) groups excluding carboxylic acids is 1. The van der Waals surface area contributed by atoms with Gasteiger partial charge in [-0.05, 0) is 61.4 Å². The summed E-state index contributed by atoms with van der Waals surface area (Å²) in [7, 11) is 0. The van der Waals surface area contributed by atoms with E-state index in [0.29, 0.717) is 24.9 Å². The quantitative estimate of drug-likeness (QED) is 0.852. The fourth-order valence-corrected chi connectivity index (χ4v) is 5.13. The van der Waals surface area contributed by atoms with Gasteiger partial charge in [0.25, 0.3) is 0 Å². The summed E-state index contributed by atoms with van der Waals surface area (Å²) >= 11 is 6.22. The van der Waals surface area contributed by atoms with Crippen molar-refractivity contribution in [2.75, 3.05) is 13.1 Å². The standard InChI is InChI=1S/C22H27ClN4O/c23-19-3-1-2-18(12-19)22(15-24)9-6-20(7-10-22)27-14-17(4-5-21(27)28)16-8-11-25-26-13-16/h1-3,8,11-13,17,20H,4-7,9-10,14-15,24H2/t17?,20-,22-. The van der Waals surface area contributed by atoms with Crippen LogP contribution in [0, 0.1) is 0 Å². The number of aromatic nitrogens is 2. The number of halogens is 1. The molecule has 1 saturated heterocycles. The van der Waals surface area contributed by atoms with E-state index in [-0.39, 0.29) is 11.3 Å². The zero-order chi connectivity index (χ0) is 19.6. The van der Waals surface area contributed by atoms with Gasteiger partial charge in [0, 0.05) is 48.1 Å². The second-order valence-electron chi connectivity index (χ2n) is 8.18. The number of hydrogen-bond donors (Lipinski definition) is 1. The minimum Gasteiger partial charge on any atom is -0.339 e. The summed E-state index contributed by atoms with van der Waals surface area (Å²) in [6.45, 7) is 1.39. The van der Waals surface area contributed by atoms with Crippen LogP contribution in [0.15, 0.2) is 42.7 Å². The molecule has 1 unspecified atom stereocenters. The lowest BCUT2D eigenvalue weighted by molar-refractivity contribution is -0.137. The summed E-state index contributed by atoms with van der Waals surface area (Å²) in [5.74, 6) is 0.633. The third-order valence-electron chi connectivity index (χ3n) is 6.70. The van der Waals surface area contributed by atoms with E-state index in [1.807, 2.05) is 30.5 Å². The number of piperidine rings is 1. The Hall–Kier alpha value is -1.98. The number of hydrogen-bond acceptors (Lipinski definition) is 4. The van der Waals surface area contributed by atoms with E-state index in [4.69, 9.17) is 17.3 Å². The largest absolute Gasteiger partial charge is 0.339 e. The van der Waals surface area contributed by atoms with Crippen LogP contribution >= 0.6 is 11.6 Å². The molecule has 148 valence electrons. The summed E-state index contributed by atoms with van der Waals surface area (Å²) < 4.78 is 0. The smallest absolute Gasteiger partial charge is 0.222 e. The van der Waals surface area contributed by atoms with Gasteiger partial charge in [0.15, 0.2) is 0 Å². The van der Waals surface area contributed by atoms with Crippen molar-refractivity contribution >= 4 is 17.5 Å². The molecule has 0 radical (unpaired) electrons. The van der Waals surface area contributed by atoms with E-state index < -0.39 is 0 Å². The fraction of sp³-hybridized carbons (Fsp3) is 0.500. The Labute approximate surface area is 171 Å². The highest BCUT2D eigenvalue weighted by molar-refractivity contribution is 6.30. The molecule has 1 amide bonds. The molecule has 1 atom stereocenters. The summed E-state index contributed by atoms with van der Waals surface area (Å²) in [5, 5.41) is 8.64. The van der Waals surface area contributed by atoms with Crippen molar-refractivity contribution in [3.63, 3.8) is 0 Å². The zero-order valence-corrected chi connectivity index (χ0v) is 16.8. The number of likely N-dealkylation sites (tertiary alicyclic amines) is 1. The normalized spacial score (nSPS) is 28.4. The lowest BCUT2D eigenvalue weighted by atomic mass is 9.67. The predicted octanol–water partition coefficient (Wildman–Crippen LogP) is 3.68. The molecule has 6 heteroatoms. The van der Waals surface area contributed by atoms with Crippen molar-refractivity contribution in [1.82, 2.24) is 15.1 Å². The Balaban J connectivity index is 1.47. The highest BCUT2D eigenvalue weighted by Gasteiger charge is 2.40. The number of nitrogens with two attached hydrogens (primary N) is 1. The van der Waals surface area contributed by atoms with E-state index in [1.54, 1.807) is 6.20 Å². The monoisotopic (exact) mass is 398 g/mol. The van der Waals surface area contributed by atoms with Crippen molar-refractivity contribution in [3.8, 4) is 0 Å². The molecule has 1 aromatic carbocycles. The van der Waals surface area contributed by atoms with Crippen LogP contribution in [0.25, 0.3) is 0 Å². The Kier molecular flexibility index (Phi) is 5.65. The molecule has 28 heavy (non-hydrogen) atoms. The number of benzene rings is 1. The van der Waals surface area contributed by atoms with Crippen molar-refractivity contribution in [2.45, 2.75) is 55.9 Å². The SMILES string of the molecule is NC[C@]1(c2cccc(Cl)c2)CC[C@H](N2CC(c3ccnnc3)CCC2=O)CC1. The maximum Gasteiger partial charge on any atom is 0.222 e. The minimum absolute atomic E-state index is 0.0331.